The van der Waals surface area contributed by atoms with Crippen LogP contribution >= 0.6 is 0 Å². The lowest BCUT2D eigenvalue weighted by molar-refractivity contribution is 0.632. The molecule has 0 saturated heterocycles. The van der Waals surface area contributed by atoms with E-state index in [2.05, 4.69) is 21.4 Å². The molecule has 3 rings (SSSR count). The number of hydrogen-bond donors (Lipinski definition) is 2. The van der Waals surface area contributed by atoms with E-state index in [9.17, 15) is 0 Å². The Morgan fingerprint density at radius 2 is 2.12 bits per heavy atom. The number of nitrogens with one attached hydrogen (secondary N) is 1. The summed E-state index contributed by atoms with van der Waals surface area (Å²) in [5.41, 5.74) is 6.89. The quantitative estimate of drug-likeness (QED) is 0.778. The molecule has 4 heteroatoms. The summed E-state index contributed by atoms with van der Waals surface area (Å²) in [6.45, 7) is 0.956. The molecule has 2 aromatic rings. The first-order chi connectivity index (χ1) is 8.34. The SMILES string of the molecule is Nc1nc(C2C=CNCC2)nc2ccccc12. The van der Waals surface area contributed by atoms with Gasteiger partial charge in [-0.2, -0.15) is 0 Å². The predicted molar refractivity (Wildman–Crippen MR) is 68.5 cm³/mol. The van der Waals surface area contributed by atoms with Crippen molar-refractivity contribution in [1.29, 1.82) is 0 Å². The monoisotopic (exact) mass is 226 g/mol. The Kier molecular flexibility index (Phi) is 2.40. The smallest absolute Gasteiger partial charge is 0.138 e. The van der Waals surface area contributed by atoms with Crippen molar-refractivity contribution in [3.63, 3.8) is 0 Å². The molecule has 0 fully saturated rings. The molecule has 3 N–H and O–H groups in total. The van der Waals surface area contributed by atoms with Gasteiger partial charge in [0.25, 0.3) is 0 Å². The number of para-hydroxylation sites is 1. The van der Waals surface area contributed by atoms with Crippen molar-refractivity contribution in [3.05, 3.63) is 42.4 Å². The van der Waals surface area contributed by atoms with Gasteiger partial charge in [-0.05, 0) is 24.8 Å². The number of anilines is 1. The number of benzene rings is 1. The minimum absolute atomic E-state index is 0.267. The summed E-state index contributed by atoms with van der Waals surface area (Å²) in [6.07, 6.45) is 5.06. The summed E-state index contributed by atoms with van der Waals surface area (Å²) in [7, 11) is 0. The second kappa shape index (κ2) is 4.05. The topological polar surface area (TPSA) is 63.8 Å². The summed E-state index contributed by atoms with van der Waals surface area (Å²) >= 11 is 0. The highest BCUT2D eigenvalue weighted by Gasteiger charge is 2.15. The fraction of sp³-hybridized carbons (Fsp3) is 0.231. The molecule has 0 spiro atoms. The molecule has 0 saturated carbocycles. The van der Waals surface area contributed by atoms with E-state index in [0.29, 0.717) is 5.82 Å². The Balaban J connectivity index is 2.11. The molecule has 0 amide bonds. The number of nitrogens with two attached hydrogens (primary N) is 1. The van der Waals surface area contributed by atoms with E-state index in [1.54, 1.807) is 0 Å². The minimum atomic E-state index is 0.267. The number of fused-ring (bicyclic) bond motifs is 1. The molecule has 1 atom stereocenters. The Morgan fingerprint density at radius 1 is 1.24 bits per heavy atom. The molecule has 1 aliphatic rings. The van der Waals surface area contributed by atoms with Crippen LogP contribution in [0.1, 0.15) is 18.2 Å². The van der Waals surface area contributed by atoms with E-state index in [1.165, 1.54) is 0 Å². The largest absolute Gasteiger partial charge is 0.391 e. The number of aromatic nitrogens is 2. The Labute approximate surface area is 99.6 Å². The predicted octanol–water partition coefficient (Wildman–Crippen LogP) is 1.80. The highest BCUT2D eigenvalue weighted by Crippen LogP contribution is 2.24. The van der Waals surface area contributed by atoms with Crippen molar-refractivity contribution in [2.24, 2.45) is 0 Å². The Bertz CT molecular complexity index is 577. The van der Waals surface area contributed by atoms with Crippen LogP contribution in [0.5, 0.6) is 0 Å². The van der Waals surface area contributed by atoms with Gasteiger partial charge in [0.05, 0.1) is 5.52 Å². The van der Waals surface area contributed by atoms with Crippen molar-refractivity contribution in [1.82, 2.24) is 15.3 Å². The maximum Gasteiger partial charge on any atom is 0.138 e. The number of hydrogen-bond acceptors (Lipinski definition) is 4. The zero-order valence-corrected chi connectivity index (χ0v) is 9.43. The maximum atomic E-state index is 5.97. The lowest BCUT2D eigenvalue weighted by Crippen LogP contribution is -2.18. The van der Waals surface area contributed by atoms with E-state index in [0.717, 1.165) is 29.7 Å². The van der Waals surface area contributed by atoms with Gasteiger partial charge in [0.2, 0.25) is 0 Å². The van der Waals surface area contributed by atoms with Crippen LogP contribution in [0, 0.1) is 0 Å². The van der Waals surface area contributed by atoms with Gasteiger partial charge in [0.1, 0.15) is 11.6 Å². The van der Waals surface area contributed by atoms with Crippen LogP contribution in [0.4, 0.5) is 5.82 Å². The second-order valence-corrected chi connectivity index (χ2v) is 4.19. The van der Waals surface area contributed by atoms with E-state index in [1.807, 2.05) is 30.5 Å². The zero-order valence-electron chi connectivity index (χ0n) is 9.43. The van der Waals surface area contributed by atoms with Gasteiger partial charge < -0.3 is 11.1 Å². The summed E-state index contributed by atoms with van der Waals surface area (Å²) in [6, 6.07) is 7.84. The third-order valence-electron chi connectivity index (χ3n) is 3.03. The van der Waals surface area contributed by atoms with Gasteiger partial charge in [-0.3, -0.25) is 0 Å². The fourth-order valence-corrected chi connectivity index (χ4v) is 2.10. The highest BCUT2D eigenvalue weighted by atomic mass is 15.0. The Morgan fingerprint density at radius 3 is 2.94 bits per heavy atom. The molecule has 0 aliphatic carbocycles. The Hall–Kier alpha value is -2.10. The van der Waals surface area contributed by atoms with Gasteiger partial charge in [-0.1, -0.05) is 18.2 Å². The van der Waals surface area contributed by atoms with Crippen LogP contribution in [-0.2, 0) is 0 Å². The highest BCUT2D eigenvalue weighted by molar-refractivity contribution is 5.87. The first-order valence-corrected chi connectivity index (χ1v) is 5.77. The zero-order chi connectivity index (χ0) is 11.7. The molecule has 0 bridgehead atoms. The summed E-state index contributed by atoms with van der Waals surface area (Å²) in [4.78, 5) is 9.00. The third kappa shape index (κ3) is 1.82. The van der Waals surface area contributed by atoms with E-state index >= 15 is 0 Å². The van der Waals surface area contributed by atoms with Gasteiger partial charge in [0, 0.05) is 17.8 Å². The van der Waals surface area contributed by atoms with Gasteiger partial charge in [-0.15, -0.1) is 0 Å². The molecule has 86 valence electrons. The molecule has 1 aromatic heterocycles. The number of rotatable bonds is 1. The number of allylic oxidation sites excluding steroid dienone is 1. The maximum absolute atomic E-state index is 5.97. The van der Waals surface area contributed by atoms with E-state index in [4.69, 9.17) is 5.73 Å². The molecule has 1 aromatic carbocycles. The standard InChI is InChI=1S/C13H14N4/c14-12-10-3-1-2-4-11(10)16-13(17-12)9-5-7-15-8-6-9/h1-5,7,9,15H,6,8H2,(H2,14,16,17). The van der Waals surface area contributed by atoms with Crippen LogP contribution in [0.25, 0.3) is 10.9 Å². The van der Waals surface area contributed by atoms with Gasteiger partial charge >= 0.3 is 0 Å². The number of nitrogen functional groups attached to an aromatic ring is 1. The number of nitrogens with zero attached hydrogens (tertiary/aromatic N) is 2. The van der Waals surface area contributed by atoms with E-state index < -0.39 is 0 Å². The molecule has 17 heavy (non-hydrogen) atoms. The van der Waals surface area contributed by atoms with Gasteiger partial charge in [-0.25, -0.2) is 9.97 Å². The molecular weight excluding hydrogens is 212 g/mol. The normalized spacial score (nSPS) is 19.2. The second-order valence-electron chi connectivity index (χ2n) is 4.19. The fourth-order valence-electron chi connectivity index (χ4n) is 2.10. The average molecular weight is 226 g/mol. The molecule has 4 nitrogen and oxygen atoms in total. The van der Waals surface area contributed by atoms with Crippen molar-refractivity contribution < 1.29 is 0 Å². The van der Waals surface area contributed by atoms with Crippen LogP contribution in [0.3, 0.4) is 0 Å². The average Bonchev–Trinajstić information content (AvgIpc) is 2.40. The van der Waals surface area contributed by atoms with Crippen LogP contribution in [-0.4, -0.2) is 16.5 Å². The van der Waals surface area contributed by atoms with Crippen LogP contribution < -0.4 is 11.1 Å². The minimum Gasteiger partial charge on any atom is -0.391 e. The van der Waals surface area contributed by atoms with Crippen molar-refractivity contribution in [2.45, 2.75) is 12.3 Å². The first kappa shape index (κ1) is 10.1. The summed E-state index contributed by atoms with van der Waals surface area (Å²) in [5, 5.41) is 4.09. The molecular formula is C13H14N4. The summed E-state index contributed by atoms with van der Waals surface area (Å²) in [5.74, 6) is 1.65. The lowest BCUT2D eigenvalue weighted by atomic mass is 10.0. The third-order valence-corrected chi connectivity index (χ3v) is 3.03. The lowest BCUT2D eigenvalue weighted by Gasteiger charge is -2.16. The summed E-state index contributed by atoms with van der Waals surface area (Å²) < 4.78 is 0. The first-order valence-electron chi connectivity index (χ1n) is 5.77. The van der Waals surface area contributed by atoms with Crippen LogP contribution in [0.15, 0.2) is 36.5 Å². The van der Waals surface area contributed by atoms with Crippen molar-refractivity contribution in [3.8, 4) is 0 Å². The van der Waals surface area contributed by atoms with Gasteiger partial charge in [0.15, 0.2) is 0 Å². The van der Waals surface area contributed by atoms with Crippen molar-refractivity contribution in [2.75, 3.05) is 12.3 Å². The van der Waals surface area contributed by atoms with Crippen molar-refractivity contribution >= 4 is 16.7 Å². The van der Waals surface area contributed by atoms with Crippen LogP contribution in [0.2, 0.25) is 0 Å². The molecule has 2 heterocycles. The molecule has 1 aliphatic heterocycles. The molecule has 0 radical (unpaired) electrons. The van der Waals surface area contributed by atoms with E-state index in [-0.39, 0.29) is 5.92 Å². The molecule has 1 unspecified atom stereocenters.